The Morgan fingerprint density at radius 1 is 1.11 bits per heavy atom. The van der Waals surface area contributed by atoms with Gasteiger partial charge in [-0.1, -0.05) is 48.5 Å². The molecule has 2 unspecified atom stereocenters. The van der Waals surface area contributed by atoms with Crippen LogP contribution < -0.4 is 0 Å². The van der Waals surface area contributed by atoms with Crippen LogP contribution in [0.3, 0.4) is 0 Å². The summed E-state index contributed by atoms with van der Waals surface area (Å²) >= 11 is 0. The second kappa shape index (κ2) is 7.25. The van der Waals surface area contributed by atoms with E-state index in [1.807, 2.05) is 79.0 Å². The number of rotatable bonds is 6. The average molecular weight is 359 g/mol. The highest BCUT2D eigenvalue weighted by Gasteiger charge is 2.41. The smallest absolute Gasteiger partial charge is 0.130 e. The number of benzene rings is 2. The van der Waals surface area contributed by atoms with Gasteiger partial charge in [0, 0.05) is 29.8 Å². The molecule has 0 radical (unpaired) electrons. The van der Waals surface area contributed by atoms with Crippen molar-refractivity contribution in [2.24, 2.45) is 5.92 Å². The van der Waals surface area contributed by atoms with Gasteiger partial charge in [-0.3, -0.25) is 0 Å². The van der Waals surface area contributed by atoms with E-state index in [1.165, 1.54) is 0 Å². The maximum absolute atomic E-state index is 12.0. The lowest BCUT2D eigenvalue weighted by Crippen LogP contribution is -2.37. The van der Waals surface area contributed by atoms with Crippen LogP contribution in [0.25, 0.3) is 10.9 Å². The topological polar surface area (TPSA) is 51.3 Å². The molecule has 0 bridgehead atoms. The van der Waals surface area contributed by atoms with Crippen molar-refractivity contribution in [1.29, 1.82) is 0 Å². The molecule has 0 saturated carbocycles. The number of aldehydes is 1. The molecule has 27 heavy (non-hydrogen) atoms. The van der Waals surface area contributed by atoms with E-state index >= 15 is 0 Å². The standard InChI is InChI=1S/C23H21NO3/c1-26-23(21-14-24-22-10-6-5-9-20(21)22)12-11-19(13-18(23)15-25)27-16-17-7-3-2-4-8-17/h2-15,18,24H,16H2,1H3. The number of hydrogen-bond donors (Lipinski definition) is 1. The van der Waals surface area contributed by atoms with Gasteiger partial charge in [0.2, 0.25) is 0 Å². The maximum Gasteiger partial charge on any atom is 0.130 e. The molecule has 0 saturated heterocycles. The first kappa shape index (κ1) is 17.3. The van der Waals surface area contributed by atoms with Gasteiger partial charge in [-0.05, 0) is 29.9 Å². The Balaban J connectivity index is 1.64. The van der Waals surface area contributed by atoms with Gasteiger partial charge in [-0.25, -0.2) is 0 Å². The normalized spacial score (nSPS) is 21.8. The zero-order valence-electron chi connectivity index (χ0n) is 15.1. The molecule has 1 aliphatic rings. The Kier molecular flexibility index (Phi) is 4.65. The lowest BCUT2D eigenvalue weighted by molar-refractivity contribution is -0.117. The van der Waals surface area contributed by atoms with Crippen molar-refractivity contribution < 1.29 is 14.3 Å². The second-order valence-electron chi connectivity index (χ2n) is 6.58. The van der Waals surface area contributed by atoms with Crippen LogP contribution in [0.15, 0.2) is 84.8 Å². The summed E-state index contributed by atoms with van der Waals surface area (Å²) in [6, 6.07) is 17.9. The van der Waals surface area contributed by atoms with Crippen LogP contribution in [0.2, 0.25) is 0 Å². The van der Waals surface area contributed by atoms with Crippen molar-refractivity contribution in [1.82, 2.24) is 4.98 Å². The Hall–Kier alpha value is -3.11. The van der Waals surface area contributed by atoms with E-state index in [-0.39, 0.29) is 0 Å². The molecule has 1 heterocycles. The first-order valence-electron chi connectivity index (χ1n) is 8.91. The number of carbonyl (C=O) groups is 1. The average Bonchev–Trinajstić information content (AvgIpc) is 3.17. The SMILES string of the molecule is COC1(c2c[nH]c3ccccc23)C=CC(OCc2ccccc2)=CC1C=O. The van der Waals surface area contributed by atoms with Gasteiger partial charge < -0.3 is 19.3 Å². The zero-order valence-corrected chi connectivity index (χ0v) is 15.1. The Labute approximate surface area is 158 Å². The number of fused-ring (bicyclic) bond motifs is 1. The van der Waals surface area contributed by atoms with Gasteiger partial charge in [0.1, 0.15) is 24.3 Å². The summed E-state index contributed by atoms with van der Waals surface area (Å²) in [5, 5.41) is 1.04. The van der Waals surface area contributed by atoms with Crippen LogP contribution in [0.1, 0.15) is 11.1 Å². The number of aromatic amines is 1. The number of hydrogen-bond acceptors (Lipinski definition) is 3. The molecule has 4 rings (SSSR count). The van der Waals surface area contributed by atoms with Crippen molar-refractivity contribution in [2.75, 3.05) is 7.11 Å². The van der Waals surface area contributed by atoms with Crippen molar-refractivity contribution in [3.8, 4) is 0 Å². The molecule has 0 spiro atoms. The summed E-state index contributed by atoms with van der Waals surface area (Å²) in [7, 11) is 1.63. The highest BCUT2D eigenvalue weighted by atomic mass is 16.5. The highest BCUT2D eigenvalue weighted by Crippen LogP contribution is 2.42. The molecule has 4 heteroatoms. The van der Waals surface area contributed by atoms with E-state index < -0.39 is 11.5 Å². The number of allylic oxidation sites excluding steroid dienone is 1. The number of carbonyl (C=O) groups excluding carboxylic acids is 1. The van der Waals surface area contributed by atoms with Gasteiger partial charge in [-0.15, -0.1) is 0 Å². The number of H-pyrrole nitrogens is 1. The summed E-state index contributed by atoms with van der Waals surface area (Å²) in [5.74, 6) is 0.181. The van der Waals surface area contributed by atoms with Crippen LogP contribution in [0.4, 0.5) is 0 Å². The van der Waals surface area contributed by atoms with Gasteiger partial charge >= 0.3 is 0 Å². The third kappa shape index (κ3) is 3.09. The van der Waals surface area contributed by atoms with Crippen molar-refractivity contribution in [3.05, 3.63) is 95.9 Å². The predicted octanol–water partition coefficient (Wildman–Crippen LogP) is 4.50. The third-order valence-corrected chi connectivity index (χ3v) is 5.08. The monoisotopic (exact) mass is 359 g/mol. The van der Waals surface area contributed by atoms with E-state index in [4.69, 9.17) is 9.47 Å². The van der Waals surface area contributed by atoms with Crippen LogP contribution >= 0.6 is 0 Å². The molecule has 0 fully saturated rings. The Bertz CT molecular complexity index is 1000. The molecule has 4 nitrogen and oxygen atoms in total. The molecule has 2 aromatic carbocycles. The molecule has 136 valence electrons. The van der Waals surface area contributed by atoms with E-state index in [1.54, 1.807) is 7.11 Å². The van der Waals surface area contributed by atoms with Crippen LogP contribution in [0.5, 0.6) is 0 Å². The van der Waals surface area contributed by atoms with Gasteiger partial charge in [-0.2, -0.15) is 0 Å². The quantitative estimate of drug-likeness (QED) is 0.660. The molecule has 1 aliphatic carbocycles. The molecule has 2 atom stereocenters. The summed E-state index contributed by atoms with van der Waals surface area (Å²) < 4.78 is 11.8. The lowest BCUT2D eigenvalue weighted by Gasteiger charge is -2.35. The minimum absolute atomic E-state index is 0.454. The number of ether oxygens (including phenoxy) is 2. The molecular weight excluding hydrogens is 338 g/mol. The van der Waals surface area contributed by atoms with Crippen LogP contribution in [-0.2, 0) is 26.5 Å². The fourth-order valence-electron chi connectivity index (χ4n) is 3.63. The molecule has 0 aliphatic heterocycles. The van der Waals surface area contributed by atoms with E-state index in [9.17, 15) is 4.79 Å². The van der Waals surface area contributed by atoms with Crippen LogP contribution in [0, 0.1) is 5.92 Å². The summed E-state index contributed by atoms with van der Waals surface area (Å²) in [5.41, 5.74) is 2.17. The molecule has 0 amide bonds. The van der Waals surface area contributed by atoms with Gasteiger partial charge in [0.15, 0.2) is 0 Å². The predicted molar refractivity (Wildman–Crippen MR) is 105 cm³/mol. The third-order valence-electron chi connectivity index (χ3n) is 5.08. The first-order chi connectivity index (χ1) is 13.3. The minimum Gasteiger partial charge on any atom is -0.489 e. The molecule has 3 aromatic rings. The first-order valence-corrected chi connectivity index (χ1v) is 8.91. The van der Waals surface area contributed by atoms with Crippen LogP contribution in [-0.4, -0.2) is 18.4 Å². The number of para-hydroxylation sites is 1. The number of methoxy groups -OCH3 is 1. The maximum atomic E-state index is 12.0. The van der Waals surface area contributed by atoms with Gasteiger partial charge in [0.05, 0.1) is 5.92 Å². The van der Waals surface area contributed by atoms with Crippen molar-refractivity contribution >= 4 is 17.2 Å². The Morgan fingerprint density at radius 3 is 2.67 bits per heavy atom. The van der Waals surface area contributed by atoms with Crippen molar-refractivity contribution in [2.45, 2.75) is 12.2 Å². The fraction of sp³-hybridized carbons (Fsp3) is 0.174. The molecular formula is C23H21NO3. The summed E-state index contributed by atoms with van der Waals surface area (Å²) in [6.45, 7) is 0.454. The van der Waals surface area contributed by atoms with Gasteiger partial charge in [0.25, 0.3) is 0 Å². The van der Waals surface area contributed by atoms with E-state index in [0.717, 1.165) is 28.3 Å². The number of nitrogens with one attached hydrogen (secondary N) is 1. The fourth-order valence-corrected chi connectivity index (χ4v) is 3.63. The summed E-state index contributed by atoms with van der Waals surface area (Å²) in [6.07, 6.45) is 8.47. The number of aromatic nitrogens is 1. The highest BCUT2D eigenvalue weighted by molar-refractivity contribution is 5.85. The molecule has 1 N–H and O–H groups in total. The van der Waals surface area contributed by atoms with E-state index in [0.29, 0.717) is 12.4 Å². The second-order valence-corrected chi connectivity index (χ2v) is 6.58. The Morgan fingerprint density at radius 2 is 1.89 bits per heavy atom. The van der Waals surface area contributed by atoms with E-state index in [2.05, 4.69) is 4.98 Å². The molecule has 1 aromatic heterocycles. The van der Waals surface area contributed by atoms with Crippen molar-refractivity contribution in [3.63, 3.8) is 0 Å². The summed E-state index contributed by atoms with van der Waals surface area (Å²) in [4.78, 5) is 15.2. The lowest BCUT2D eigenvalue weighted by atomic mass is 9.78. The zero-order chi connectivity index (χ0) is 18.7. The largest absolute Gasteiger partial charge is 0.489 e. The minimum atomic E-state index is -0.860.